The molecule has 9 aliphatic rings. The standard InChI is InChI=1S/C32H36N6O5.C31H23F2N5O5.C30H34N6O5/c1-43-26-12-11-24-20-38(29(39)27(24)19-26)21-32(30(40)33-31(41)34-32)14-13-22-7-9-23(10-8-22)28(35-42)37-17-15-36(16-18-37)25-5-3-2-4-6-25;1-37-14-19(13-34-37)22-6-7-23(39)28(35-22)20-5-3-17(11-21(20)32)9-10-31(12-25(40)36-30(31)42)16-38-15-18-4-8-24(43-2)27(33)26(18)29(38)41;1-3-4-13-34-14-16-35(17-15-34)26(33-40)22-7-5-21(6-8-22)11-12-30(28(38)31-29(39)32-30)20-36-19-23-9-10-24(41-2)18-25(23)27(36)37/h7-12,19,25,42H,2-6,15-18,20-21H2,1H3,(H2,33,34,40,41);3-8,11,13-14,39H,12,15-16H2,1-2H3,(H,36,40,42);5-10,18,40H,3-4,13-17,19-20H2,1-2H3,(H2,31,32,38,39)/t32-;31-;30-/m111/s1. The molecule has 11 amide bonds. The van der Waals surface area contributed by atoms with Gasteiger partial charge in [-0.05, 0) is 152 Å². The van der Waals surface area contributed by atoms with Crippen LogP contribution in [-0.2, 0) is 45.9 Å². The molecule has 1 saturated carbocycles. The number of amidine groups is 2. The lowest BCUT2D eigenvalue weighted by atomic mass is 9.85. The number of piperazine rings is 2. The predicted molar refractivity (Wildman–Crippen MR) is 459 cm³/mol. The number of pyridine rings is 1. The van der Waals surface area contributed by atoms with Crippen LogP contribution in [0, 0.1) is 52.6 Å². The lowest BCUT2D eigenvalue weighted by Gasteiger charge is -2.41. The monoisotopic (exact) mass is 1730 g/mol. The van der Waals surface area contributed by atoms with Gasteiger partial charge in [-0.1, -0.05) is 96.6 Å². The van der Waals surface area contributed by atoms with E-state index < -0.39 is 69.7 Å². The van der Waals surface area contributed by atoms with Gasteiger partial charge in [0, 0.05) is 148 Å². The van der Waals surface area contributed by atoms with Crippen molar-refractivity contribution < 1.29 is 81.7 Å². The average molecular weight is 1730 g/mol. The third-order valence-electron chi connectivity index (χ3n) is 24.1. The third-order valence-corrected chi connectivity index (χ3v) is 24.1. The smallest absolute Gasteiger partial charge is 0.323 e. The second kappa shape index (κ2) is 37.4. The van der Waals surface area contributed by atoms with Gasteiger partial charge in [-0.15, -0.1) is 0 Å². The number of aryl methyl sites for hydroxylation is 1. The van der Waals surface area contributed by atoms with Crippen LogP contribution in [0.5, 0.6) is 23.0 Å². The van der Waals surface area contributed by atoms with Crippen LogP contribution in [0.3, 0.4) is 0 Å². The number of halogens is 2. The number of amides is 11. The van der Waals surface area contributed by atoms with Gasteiger partial charge >= 0.3 is 12.1 Å². The summed E-state index contributed by atoms with van der Waals surface area (Å²) in [5.74, 6) is 14.1. The van der Waals surface area contributed by atoms with Gasteiger partial charge in [0.15, 0.2) is 23.2 Å². The van der Waals surface area contributed by atoms with Crippen LogP contribution in [0.25, 0.3) is 22.5 Å². The van der Waals surface area contributed by atoms with Crippen LogP contribution < -0.4 is 40.8 Å². The molecule has 0 unspecified atom stereocenters. The number of fused-ring (bicyclic) bond motifs is 3. The van der Waals surface area contributed by atoms with Crippen LogP contribution >= 0.6 is 0 Å². The van der Waals surface area contributed by atoms with E-state index in [-0.39, 0.29) is 91.4 Å². The maximum Gasteiger partial charge on any atom is 0.323 e. The zero-order valence-electron chi connectivity index (χ0n) is 70.5. The topological polar surface area (TPSA) is 380 Å². The molecule has 6 fully saturated rings. The molecule has 654 valence electrons. The largest absolute Gasteiger partial charge is 0.506 e. The maximum atomic E-state index is 15.4. The summed E-state index contributed by atoms with van der Waals surface area (Å²) >= 11 is 0. The van der Waals surface area contributed by atoms with Gasteiger partial charge in [-0.25, -0.2) is 23.4 Å². The fraction of sp³-hybridized carbons (Fsp3) is 0.344. The Labute approximate surface area is 730 Å². The highest BCUT2D eigenvalue weighted by atomic mass is 19.1. The van der Waals surface area contributed by atoms with Gasteiger partial charge in [0.1, 0.15) is 34.2 Å². The summed E-state index contributed by atoms with van der Waals surface area (Å²) in [6, 6.07) is 34.3. The van der Waals surface area contributed by atoms with E-state index >= 15 is 4.39 Å². The van der Waals surface area contributed by atoms with Crippen molar-refractivity contribution in [2.24, 2.45) is 22.8 Å². The fourth-order valence-electron chi connectivity index (χ4n) is 17.2. The molecule has 2 aromatic heterocycles. The number of oxime groups is 2. The number of benzene rings is 6. The van der Waals surface area contributed by atoms with Crippen molar-refractivity contribution >= 4 is 65.1 Å². The molecule has 8 N–H and O–H groups in total. The Bertz CT molecular complexity index is 5970. The molecule has 0 radical (unpaired) electrons. The molecule has 3 atom stereocenters. The molecule has 0 bridgehead atoms. The number of rotatable bonds is 17. The zero-order chi connectivity index (χ0) is 89.4. The van der Waals surface area contributed by atoms with Gasteiger partial charge in [0.05, 0.1) is 58.3 Å². The second-order valence-corrected chi connectivity index (χ2v) is 32.3. The molecule has 34 heteroatoms. The Morgan fingerprint density at radius 1 is 0.559 bits per heavy atom. The van der Waals surface area contributed by atoms with Gasteiger partial charge in [0.2, 0.25) is 22.9 Å². The summed E-state index contributed by atoms with van der Waals surface area (Å²) < 4.78 is 47.3. The van der Waals surface area contributed by atoms with E-state index in [0.29, 0.717) is 68.3 Å². The second-order valence-electron chi connectivity index (χ2n) is 32.3. The number of nitrogens with zero attached hydrogens (tertiary/aromatic N) is 12. The summed E-state index contributed by atoms with van der Waals surface area (Å²) in [6.07, 6.45) is 11.8. The third kappa shape index (κ3) is 18.6. The van der Waals surface area contributed by atoms with Crippen molar-refractivity contribution in [1.82, 2.24) is 75.6 Å². The Balaban J connectivity index is 0.000000147. The van der Waals surface area contributed by atoms with Crippen molar-refractivity contribution in [3.8, 4) is 81.0 Å². The Kier molecular flexibility index (Phi) is 25.7. The molecule has 32 nitrogen and oxygen atoms in total. The van der Waals surface area contributed by atoms with E-state index in [1.54, 1.807) is 84.8 Å². The number of hydrogen-bond acceptors (Lipinski definition) is 21. The minimum Gasteiger partial charge on any atom is -0.506 e. The fourth-order valence-corrected chi connectivity index (χ4v) is 17.2. The molecule has 8 aromatic rings. The SMILES string of the molecule is CCCCN1CCN(C(=NO)c2ccc(C#C[C@]3(CN4Cc5ccc(OC)cc5C4=O)NC(=O)NC3=O)cc2)CC1.COc1ccc2c(c1)C(=O)N(C[C@@]1(C#Cc3ccc(C(=NO)N4CCN(C5CCCCC5)CC4)cc3)NC(=O)NC1=O)C2.COc1ccc2c(c1F)C(=O)N(C[C@@]1(C#Cc3ccc(-c4nc(-c5cnn(C)c5)ccc4O)c(F)c3)CC(=O)NC1=O)C2. The first-order chi connectivity index (χ1) is 61.3. The van der Waals surface area contributed by atoms with Crippen LogP contribution in [0.4, 0.5) is 18.4 Å². The number of ether oxygens (including phenoxy) is 3. The molecule has 8 aliphatic heterocycles. The Morgan fingerprint density at radius 2 is 1.09 bits per heavy atom. The highest BCUT2D eigenvalue weighted by Gasteiger charge is 2.52. The number of carbonyl (C=O) groups is 9. The summed E-state index contributed by atoms with van der Waals surface area (Å²) in [7, 11) is 6.10. The van der Waals surface area contributed by atoms with Crippen molar-refractivity contribution in [1.29, 1.82) is 0 Å². The Hall–Kier alpha value is -14.7. The number of methoxy groups -OCH3 is 3. The van der Waals surface area contributed by atoms with E-state index in [4.69, 9.17) is 14.2 Å². The molecule has 1 aliphatic carbocycles. The molecule has 10 heterocycles. The number of hydrogen-bond donors (Lipinski definition) is 8. The number of unbranched alkanes of at least 4 members (excludes halogenated alkanes) is 1. The van der Waals surface area contributed by atoms with Gasteiger partial charge in [-0.3, -0.25) is 64.0 Å². The summed E-state index contributed by atoms with van der Waals surface area (Å²) in [4.78, 5) is 133. The quantitative estimate of drug-likeness (QED) is 0.00837. The summed E-state index contributed by atoms with van der Waals surface area (Å²) in [6.45, 7) is 10.2. The van der Waals surface area contributed by atoms with Crippen molar-refractivity contribution in [3.63, 3.8) is 0 Å². The summed E-state index contributed by atoms with van der Waals surface area (Å²) in [5, 5.41) is 53.4. The lowest BCUT2D eigenvalue weighted by molar-refractivity contribution is -0.127. The molecule has 127 heavy (non-hydrogen) atoms. The highest BCUT2D eigenvalue weighted by molar-refractivity contribution is 6.12. The van der Waals surface area contributed by atoms with Crippen molar-refractivity contribution in [3.05, 3.63) is 213 Å². The molecule has 17 rings (SSSR count). The highest BCUT2D eigenvalue weighted by Crippen LogP contribution is 2.39. The number of nitrogens with one attached hydrogen (secondary N) is 5. The average Bonchev–Trinajstić information content (AvgIpc) is 1.62. The summed E-state index contributed by atoms with van der Waals surface area (Å²) in [5.41, 5.74) is 2.14. The molecule has 0 spiro atoms. The number of aromatic hydroxyl groups is 1. The number of aromatic nitrogens is 3. The van der Waals surface area contributed by atoms with E-state index in [9.17, 15) is 63.1 Å². The van der Waals surface area contributed by atoms with Crippen molar-refractivity contribution in [2.45, 2.75) is 95.0 Å². The first-order valence-corrected chi connectivity index (χ1v) is 41.7. The minimum absolute atomic E-state index is 0.0118. The molecular weight excluding hydrogens is 1630 g/mol. The first kappa shape index (κ1) is 87.2. The van der Waals surface area contributed by atoms with Gasteiger partial charge < -0.3 is 64.9 Å². The van der Waals surface area contributed by atoms with Crippen LogP contribution in [0.2, 0.25) is 0 Å². The lowest BCUT2D eigenvalue weighted by Crippen LogP contribution is -2.54. The molecule has 6 aromatic carbocycles. The van der Waals surface area contributed by atoms with E-state index in [0.717, 1.165) is 93.6 Å². The Morgan fingerprint density at radius 3 is 1.57 bits per heavy atom. The normalized spacial score (nSPS) is 20.4. The zero-order valence-corrected chi connectivity index (χ0v) is 70.5. The van der Waals surface area contributed by atoms with Crippen LogP contribution in [0.1, 0.15) is 134 Å². The molecule has 5 saturated heterocycles. The van der Waals surface area contributed by atoms with Gasteiger partial charge in [-0.2, -0.15) is 5.10 Å². The number of imide groups is 3. The van der Waals surface area contributed by atoms with Crippen molar-refractivity contribution in [2.75, 3.05) is 99.9 Å². The maximum absolute atomic E-state index is 15.4. The molecular formula is C93H93F2N17O15. The number of carbonyl (C=O) groups excluding carboxylic acids is 9. The first-order valence-electron chi connectivity index (χ1n) is 41.7. The van der Waals surface area contributed by atoms with Gasteiger partial charge in [0.25, 0.3) is 29.5 Å². The van der Waals surface area contributed by atoms with E-state index in [2.05, 4.69) is 109 Å². The van der Waals surface area contributed by atoms with Crippen LogP contribution in [-0.4, -0.2) is 247 Å². The predicted octanol–water partition coefficient (Wildman–Crippen LogP) is 7.38. The van der Waals surface area contributed by atoms with Crippen LogP contribution in [0.15, 0.2) is 150 Å². The number of urea groups is 2. The van der Waals surface area contributed by atoms with E-state index in [1.807, 2.05) is 36.4 Å². The van der Waals surface area contributed by atoms with E-state index in [1.165, 1.54) is 98.8 Å². The minimum atomic E-state index is -1.64.